The molecule has 39 heavy (non-hydrogen) atoms. The van der Waals surface area contributed by atoms with Gasteiger partial charge in [0.1, 0.15) is 53.3 Å². The molecule has 15 heteroatoms. The van der Waals surface area contributed by atoms with Crippen molar-refractivity contribution in [2.24, 2.45) is 0 Å². The fraction of sp³-hybridized carbons (Fsp3) is 0.583. The summed E-state index contributed by atoms with van der Waals surface area (Å²) in [5.41, 5.74) is -2.49. The number of benzene rings is 1. The maximum atomic E-state index is 14.6. The van der Waals surface area contributed by atoms with Crippen LogP contribution in [-0.4, -0.2) is 115 Å². The third kappa shape index (κ3) is 5.81. The molecule has 8 N–H and O–H groups in total. The van der Waals surface area contributed by atoms with E-state index in [0.717, 1.165) is 6.07 Å². The fourth-order valence-corrected chi connectivity index (χ4v) is 5.13. The highest BCUT2D eigenvalue weighted by molar-refractivity contribution is 6.33. The van der Waals surface area contributed by atoms with Gasteiger partial charge in [0.2, 0.25) is 0 Å². The van der Waals surface area contributed by atoms with Crippen LogP contribution in [0.3, 0.4) is 0 Å². The van der Waals surface area contributed by atoms with Crippen molar-refractivity contribution in [1.82, 2.24) is 10.5 Å². The lowest BCUT2D eigenvalue weighted by Crippen LogP contribution is -2.66. The van der Waals surface area contributed by atoms with E-state index in [1.807, 2.05) is 0 Å². The van der Waals surface area contributed by atoms with Crippen LogP contribution in [-0.2, 0) is 9.47 Å². The molecule has 2 aromatic rings. The van der Waals surface area contributed by atoms with Gasteiger partial charge in [-0.2, -0.15) is 0 Å². The summed E-state index contributed by atoms with van der Waals surface area (Å²) in [5, 5.41) is 77.8. The Balaban J connectivity index is 1.65. The molecule has 1 saturated carbocycles. The monoisotopic (exact) mass is 576 g/mol. The Labute approximate surface area is 226 Å². The molecule has 0 bridgehead atoms. The van der Waals surface area contributed by atoms with Gasteiger partial charge in [0.25, 0.3) is 5.91 Å². The van der Waals surface area contributed by atoms with E-state index in [4.69, 9.17) is 25.6 Å². The summed E-state index contributed by atoms with van der Waals surface area (Å²) in [7, 11) is 0. The number of nitrogens with zero attached hydrogens (tertiary/aromatic N) is 1. The number of carbonyl (C=O) groups excluding carboxylic acids is 1. The largest absolute Gasteiger partial charge is 0.394 e. The van der Waals surface area contributed by atoms with E-state index in [-0.39, 0.29) is 40.4 Å². The van der Waals surface area contributed by atoms with Crippen molar-refractivity contribution in [3.63, 3.8) is 0 Å². The third-order valence-electron chi connectivity index (χ3n) is 7.02. The second-order valence-corrected chi connectivity index (χ2v) is 10.2. The van der Waals surface area contributed by atoms with Crippen molar-refractivity contribution in [2.45, 2.75) is 74.3 Å². The van der Waals surface area contributed by atoms with Crippen LogP contribution in [0.2, 0.25) is 5.02 Å². The van der Waals surface area contributed by atoms with Gasteiger partial charge in [0.05, 0.1) is 41.6 Å². The van der Waals surface area contributed by atoms with Crippen molar-refractivity contribution in [1.29, 1.82) is 0 Å². The molecule has 2 heterocycles. The average Bonchev–Trinajstić information content (AvgIpc) is 3.27. The van der Waals surface area contributed by atoms with Crippen LogP contribution in [0.25, 0.3) is 11.3 Å². The first kappa shape index (κ1) is 29.7. The highest BCUT2D eigenvalue weighted by Crippen LogP contribution is 2.35. The van der Waals surface area contributed by atoms with Crippen LogP contribution in [0.15, 0.2) is 22.7 Å². The van der Waals surface area contributed by atoms with Crippen molar-refractivity contribution < 1.29 is 58.9 Å². The number of halogens is 2. The van der Waals surface area contributed by atoms with E-state index < -0.39 is 79.5 Å². The Bertz CT molecular complexity index is 1160. The van der Waals surface area contributed by atoms with Crippen molar-refractivity contribution in [3.8, 4) is 11.3 Å². The molecule has 1 aliphatic carbocycles. The van der Waals surface area contributed by atoms with E-state index in [1.165, 1.54) is 19.1 Å². The van der Waals surface area contributed by atoms with Gasteiger partial charge in [-0.15, -0.1) is 0 Å². The molecule has 9 atom stereocenters. The zero-order valence-electron chi connectivity index (χ0n) is 20.6. The number of amides is 1. The molecule has 1 saturated heterocycles. The van der Waals surface area contributed by atoms with E-state index in [9.17, 15) is 44.9 Å². The minimum atomic E-state index is -1.81. The molecule has 1 aliphatic heterocycles. The number of aliphatic hydroxyl groups is 7. The number of aliphatic hydroxyl groups excluding tert-OH is 6. The van der Waals surface area contributed by atoms with Gasteiger partial charge in [-0.3, -0.25) is 4.79 Å². The second kappa shape index (κ2) is 11.7. The SMILES string of the molecule is Cc1onc(-c2c(F)cccc2Cl)c1C(=O)N[C@H]1[C@@H](O[C@@H]2C[C@](O)(CO)C[C@@H](O)[C@H]2O)O[C@H](CO)[C@@H](O)[C@@H]1O. The third-order valence-corrected chi connectivity index (χ3v) is 7.33. The zero-order valence-corrected chi connectivity index (χ0v) is 21.4. The molecule has 0 spiro atoms. The number of carbonyl (C=O) groups is 1. The fourth-order valence-electron chi connectivity index (χ4n) is 4.88. The number of rotatable bonds is 7. The molecule has 13 nitrogen and oxygen atoms in total. The molecule has 216 valence electrons. The molecular weight excluding hydrogens is 547 g/mol. The van der Waals surface area contributed by atoms with E-state index in [0.29, 0.717) is 0 Å². The lowest BCUT2D eigenvalue weighted by Gasteiger charge is -2.46. The van der Waals surface area contributed by atoms with Crippen LogP contribution in [0.4, 0.5) is 4.39 Å². The Kier molecular flexibility index (Phi) is 8.92. The number of ether oxygens (including phenoxy) is 2. The van der Waals surface area contributed by atoms with Gasteiger partial charge in [-0.05, 0) is 19.1 Å². The molecule has 1 amide bonds. The second-order valence-electron chi connectivity index (χ2n) is 9.79. The molecule has 1 aromatic heterocycles. The number of nitrogens with one attached hydrogen (secondary N) is 1. The number of aromatic nitrogens is 1. The summed E-state index contributed by atoms with van der Waals surface area (Å²) in [4.78, 5) is 13.4. The van der Waals surface area contributed by atoms with Crippen LogP contribution in [0.5, 0.6) is 0 Å². The van der Waals surface area contributed by atoms with Crippen LogP contribution in [0.1, 0.15) is 29.0 Å². The van der Waals surface area contributed by atoms with Crippen LogP contribution >= 0.6 is 11.6 Å². The van der Waals surface area contributed by atoms with Gasteiger partial charge >= 0.3 is 0 Å². The highest BCUT2D eigenvalue weighted by Gasteiger charge is 2.50. The molecule has 0 unspecified atom stereocenters. The minimum Gasteiger partial charge on any atom is -0.394 e. The van der Waals surface area contributed by atoms with Gasteiger partial charge in [-0.1, -0.05) is 22.8 Å². The average molecular weight is 577 g/mol. The predicted molar refractivity (Wildman–Crippen MR) is 129 cm³/mol. The smallest absolute Gasteiger partial charge is 0.257 e. The lowest BCUT2D eigenvalue weighted by atomic mass is 9.80. The minimum absolute atomic E-state index is 0.0295. The van der Waals surface area contributed by atoms with Gasteiger partial charge in [0, 0.05) is 12.8 Å². The van der Waals surface area contributed by atoms with Gasteiger partial charge < -0.3 is 55.1 Å². The summed E-state index contributed by atoms with van der Waals surface area (Å²) in [6.07, 6.45) is -11.6. The number of hydrogen-bond donors (Lipinski definition) is 8. The number of hydrogen-bond acceptors (Lipinski definition) is 12. The summed E-state index contributed by atoms with van der Waals surface area (Å²) >= 11 is 6.14. The summed E-state index contributed by atoms with van der Waals surface area (Å²) < 4.78 is 31.0. The van der Waals surface area contributed by atoms with Crippen molar-refractivity contribution >= 4 is 17.5 Å². The maximum absolute atomic E-state index is 14.6. The Morgan fingerprint density at radius 3 is 2.56 bits per heavy atom. The van der Waals surface area contributed by atoms with Gasteiger partial charge in [0.15, 0.2) is 6.29 Å². The highest BCUT2D eigenvalue weighted by atomic mass is 35.5. The lowest BCUT2D eigenvalue weighted by molar-refractivity contribution is -0.302. The Morgan fingerprint density at radius 2 is 1.92 bits per heavy atom. The first-order chi connectivity index (χ1) is 18.4. The van der Waals surface area contributed by atoms with E-state index >= 15 is 0 Å². The first-order valence-corrected chi connectivity index (χ1v) is 12.5. The van der Waals surface area contributed by atoms with Crippen LogP contribution in [0, 0.1) is 12.7 Å². The summed E-state index contributed by atoms with van der Waals surface area (Å²) in [5.74, 6) is -1.76. The molecule has 1 aromatic carbocycles. The standard InChI is InChI=1S/C24H30ClFN2O11/c1-9-15(17(28-39-9)16-10(25)3-2-4-11(16)26)22(35)27-18-21(34)20(33)14(7-29)38-23(18)37-13-6-24(36,8-30)5-12(31)19(13)32/h2-4,12-14,18-21,23,29-34,36H,5-8H2,1H3,(H,27,35)/t12-,13-,14-,18-,19-,20-,21-,23+,24+/m1/s1. The van der Waals surface area contributed by atoms with E-state index in [1.54, 1.807) is 0 Å². The molecule has 0 radical (unpaired) electrons. The Morgan fingerprint density at radius 1 is 1.21 bits per heavy atom. The summed E-state index contributed by atoms with van der Waals surface area (Å²) in [6, 6.07) is 2.30. The quantitative estimate of drug-likeness (QED) is 0.191. The van der Waals surface area contributed by atoms with E-state index in [2.05, 4.69) is 10.5 Å². The Hall–Kier alpha value is -2.24. The molecule has 4 rings (SSSR count). The van der Waals surface area contributed by atoms with Crippen LogP contribution < -0.4 is 5.32 Å². The van der Waals surface area contributed by atoms with Gasteiger partial charge in [-0.25, -0.2) is 4.39 Å². The molecule has 2 fully saturated rings. The maximum Gasteiger partial charge on any atom is 0.257 e. The zero-order chi connectivity index (χ0) is 28.6. The van der Waals surface area contributed by atoms with Crippen molar-refractivity contribution in [3.05, 3.63) is 40.4 Å². The summed E-state index contributed by atoms with van der Waals surface area (Å²) in [6.45, 7) is -0.124. The topological polar surface area (TPSA) is 215 Å². The molecule has 2 aliphatic rings. The molecular formula is C24H30ClFN2O11. The predicted octanol–water partition coefficient (Wildman–Crippen LogP) is -1.40. The normalized spacial score (nSPS) is 35.1. The number of aryl methyl sites for hydroxylation is 1. The first-order valence-electron chi connectivity index (χ1n) is 12.1. The van der Waals surface area contributed by atoms with Crippen molar-refractivity contribution in [2.75, 3.05) is 13.2 Å².